The van der Waals surface area contributed by atoms with Crippen molar-refractivity contribution >= 4 is 27.7 Å². The number of hydrogen-bond acceptors (Lipinski definition) is 5. The highest BCUT2D eigenvalue weighted by Crippen LogP contribution is 2.38. The van der Waals surface area contributed by atoms with Gasteiger partial charge < -0.3 is 4.90 Å². The highest BCUT2D eigenvalue weighted by Gasteiger charge is 2.56. The van der Waals surface area contributed by atoms with Crippen LogP contribution in [0.5, 0.6) is 0 Å². The van der Waals surface area contributed by atoms with E-state index >= 15 is 0 Å². The van der Waals surface area contributed by atoms with Gasteiger partial charge in [0, 0.05) is 20.0 Å². The standard InChI is InChI=1S/C21H27N3O5S/c1-13-6-8-16(9-7-13)30(28,29)23-11-4-5-18(23)21(27)22-12-10-17-19(22)14(2)20(26)24(17)15(3)25/h6-9,14,17-19H,4-5,10-12H2,1-3H3/t14-,17-,18-,19+/m0/s1. The van der Waals surface area contributed by atoms with Crippen molar-refractivity contribution in [2.45, 2.75) is 63.1 Å². The zero-order valence-corrected chi connectivity index (χ0v) is 18.3. The van der Waals surface area contributed by atoms with Crippen LogP contribution in [0.4, 0.5) is 0 Å². The van der Waals surface area contributed by atoms with Gasteiger partial charge in [0.15, 0.2) is 0 Å². The van der Waals surface area contributed by atoms with Crippen molar-refractivity contribution in [3.63, 3.8) is 0 Å². The first kappa shape index (κ1) is 21.0. The topological polar surface area (TPSA) is 95.1 Å². The summed E-state index contributed by atoms with van der Waals surface area (Å²) in [6.07, 6.45) is 1.59. The molecular formula is C21H27N3O5S. The lowest BCUT2D eigenvalue weighted by Gasteiger charge is -2.31. The summed E-state index contributed by atoms with van der Waals surface area (Å²) in [5, 5.41) is 0. The minimum Gasteiger partial charge on any atom is -0.335 e. The van der Waals surface area contributed by atoms with Gasteiger partial charge in [-0.05, 0) is 38.3 Å². The van der Waals surface area contributed by atoms with E-state index in [-0.39, 0.29) is 28.7 Å². The molecule has 162 valence electrons. The van der Waals surface area contributed by atoms with Crippen molar-refractivity contribution in [2.24, 2.45) is 5.92 Å². The predicted octanol–water partition coefficient (Wildman–Crippen LogP) is 1.14. The van der Waals surface area contributed by atoms with Crippen molar-refractivity contribution in [1.82, 2.24) is 14.1 Å². The summed E-state index contributed by atoms with van der Waals surface area (Å²) in [7, 11) is -3.80. The van der Waals surface area contributed by atoms with Gasteiger partial charge in [-0.25, -0.2) is 8.42 Å². The van der Waals surface area contributed by atoms with E-state index in [4.69, 9.17) is 0 Å². The molecule has 3 saturated heterocycles. The highest BCUT2D eigenvalue weighted by atomic mass is 32.2. The molecular weight excluding hydrogens is 406 g/mol. The van der Waals surface area contributed by atoms with E-state index in [1.165, 1.54) is 16.1 Å². The monoisotopic (exact) mass is 433 g/mol. The Balaban J connectivity index is 1.60. The van der Waals surface area contributed by atoms with Crippen molar-refractivity contribution < 1.29 is 22.8 Å². The lowest BCUT2D eigenvalue weighted by atomic mass is 10.0. The van der Waals surface area contributed by atoms with Crippen LogP contribution in [-0.2, 0) is 24.4 Å². The van der Waals surface area contributed by atoms with Crippen molar-refractivity contribution in [1.29, 1.82) is 0 Å². The van der Waals surface area contributed by atoms with E-state index in [1.807, 2.05) is 6.92 Å². The summed E-state index contributed by atoms with van der Waals surface area (Å²) in [5.41, 5.74) is 0.959. The predicted molar refractivity (Wildman–Crippen MR) is 109 cm³/mol. The van der Waals surface area contributed by atoms with E-state index < -0.39 is 28.0 Å². The molecule has 0 saturated carbocycles. The number of likely N-dealkylation sites (tertiary alicyclic amines) is 2. The smallest absolute Gasteiger partial charge is 0.243 e. The summed E-state index contributed by atoms with van der Waals surface area (Å²) in [6, 6.07) is 5.14. The van der Waals surface area contributed by atoms with Gasteiger partial charge in [-0.2, -0.15) is 4.31 Å². The van der Waals surface area contributed by atoms with Gasteiger partial charge in [-0.1, -0.05) is 24.6 Å². The number of aryl methyl sites for hydroxylation is 1. The molecule has 0 unspecified atom stereocenters. The molecule has 3 aliphatic heterocycles. The van der Waals surface area contributed by atoms with Crippen LogP contribution in [0.3, 0.4) is 0 Å². The maximum absolute atomic E-state index is 13.5. The maximum atomic E-state index is 13.5. The number of carbonyl (C=O) groups is 3. The maximum Gasteiger partial charge on any atom is 0.243 e. The zero-order valence-electron chi connectivity index (χ0n) is 17.4. The molecule has 0 radical (unpaired) electrons. The molecule has 1 aromatic carbocycles. The lowest BCUT2D eigenvalue weighted by molar-refractivity contribution is -0.143. The summed E-state index contributed by atoms with van der Waals surface area (Å²) in [5.74, 6) is -1.31. The summed E-state index contributed by atoms with van der Waals surface area (Å²) in [6.45, 7) is 5.71. The quantitative estimate of drug-likeness (QED) is 0.713. The van der Waals surface area contributed by atoms with E-state index in [0.29, 0.717) is 32.4 Å². The minimum absolute atomic E-state index is 0.180. The molecule has 3 aliphatic rings. The number of nitrogens with zero attached hydrogens (tertiary/aromatic N) is 3. The van der Waals surface area contributed by atoms with E-state index in [9.17, 15) is 22.8 Å². The number of fused-ring (bicyclic) bond motifs is 1. The molecule has 0 spiro atoms. The number of hydrogen-bond donors (Lipinski definition) is 0. The van der Waals surface area contributed by atoms with Crippen LogP contribution in [-0.4, -0.2) is 71.5 Å². The molecule has 8 nitrogen and oxygen atoms in total. The Labute approximate surface area is 176 Å². The molecule has 9 heteroatoms. The third-order valence-electron chi connectivity index (χ3n) is 6.63. The van der Waals surface area contributed by atoms with Crippen LogP contribution in [0.15, 0.2) is 29.2 Å². The SMILES string of the molecule is CC(=O)N1C(=O)[C@@H](C)[C@@H]2[C@@H]1CCN2C(=O)[C@@H]1CCCN1S(=O)(=O)c1ccc(C)cc1. The number of sulfonamides is 1. The molecule has 0 N–H and O–H groups in total. The molecule has 0 bridgehead atoms. The number of amides is 3. The summed E-state index contributed by atoms with van der Waals surface area (Å²) < 4.78 is 27.7. The summed E-state index contributed by atoms with van der Waals surface area (Å²) in [4.78, 5) is 41.1. The normalized spacial score (nSPS) is 29.5. The largest absolute Gasteiger partial charge is 0.335 e. The van der Waals surface area contributed by atoms with Gasteiger partial charge in [0.05, 0.1) is 22.9 Å². The lowest BCUT2D eigenvalue weighted by Crippen LogP contribution is -2.51. The second-order valence-corrected chi connectivity index (χ2v) is 10.4. The van der Waals surface area contributed by atoms with E-state index in [2.05, 4.69) is 0 Å². The first-order valence-corrected chi connectivity index (χ1v) is 11.8. The fraction of sp³-hybridized carbons (Fsp3) is 0.571. The molecule has 1 aromatic rings. The average molecular weight is 434 g/mol. The molecule has 30 heavy (non-hydrogen) atoms. The van der Waals surface area contributed by atoms with Crippen molar-refractivity contribution in [2.75, 3.05) is 13.1 Å². The van der Waals surface area contributed by atoms with Crippen molar-refractivity contribution in [3.05, 3.63) is 29.8 Å². The fourth-order valence-corrected chi connectivity index (χ4v) is 6.82. The Morgan fingerprint density at radius 3 is 2.37 bits per heavy atom. The number of carbonyl (C=O) groups excluding carboxylic acids is 3. The molecule has 3 heterocycles. The number of imide groups is 1. The Bertz CT molecular complexity index is 990. The third-order valence-corrected chi connectivity index (χ3v) is 8.55. The van der Waals surface area contributed by atoms with Gasteiger partial charge in [0.25, 0.3) is 0 Å². The van der Waals surface area contributed by atoms with Crippen LogP contribution in [0, 0.1) is 12.8 Å². The Morgan fingerprint density at radius 1 is 1.07 bits per heavy atom. The molecule has 3 fully saturated rings. The van der Waals surface area contributed by atoms with Gasteiger partial charge in [0.2, 0.25) is 27.7 Å². The van der Waals surface area contributed by atoms with Gasteiger partial charge in [-0.15, -0.1) is 0 Å². The first-order chi connectivity index (χ1) is 14.1. The number of rotatable bonds is 3. The van der Waals surface area contributed by atoms with Crippen LogP contribution in [0.2, 0.25) is 0 Å². The molecule has 0 aromatic heterocycles. The minimum atomic E-state index is -3.80. The molecule has 0 aliphatic carbocycles. The molecule has 4 rings (SSSR count). The van der Waals surface area contributed by atoms with Gasteiger partial charge in [-0.3, -0.25) is 19.3 Å². The Morgan fingerprint density at radius 2 is 1.73 bits per heavy atom. The van der Waals surface area contributed by atoms with Gasteiger partial charge in [0.1, 0.15) is 6.04 Å². The van der Waals surface area contributed by atoms with E-state index in [0.717, 1.165) is 5.56 Å². The van der Waals surface area contributed by atoms with Gasteiger partial charge >= 0.3 is 0 Å². The van der Waals surface area contributed by atoms with Crippen LogP contribution < -0.4 is 0 Å². The molecule has 3 amide bonds. The molecule has 4 atom stereocenters. The summed E-state index contributed by atoms with van der Waals surface area (Å²) >= 11 is 0. The second-order valence-electron chi connectivity index (χ2n) is 8.48. The van der Waals surface area contributed by atoms with Crippen molar-refractivity contribution in [3.8, 4) is 0 Å². The zero-order chi connectivity index (χ0) is 21.8. The second kappa shape index (κ2) is 7.46. The first-order valence-electron chi connectivity index (χ1n) is 10.4. The van der Waals surface area contributed by atoms with Crippen LogP contribution >= 0.6 is 0 Å². The third kappa shape index (κ3) is 3.15. The Kier molecular flexibility index (Phi) is 5.22. The van der Waals surface area contributed by atoms with Crippen LogP contribution in [0.1, 0.15) is 38.7 Å². The fourth-order valence-electron chi connectivity index (χ4n) is 5.17. The van der Waals surface area contributed by atoms with E-state index in [1.54, 1.807) is 36.1 Å². The van der Waals surface area contributed by atoms with Crippen LogP contribution in [0.25, 0.3) is 0 Å². The average Bonchev–Trinajstić information content (AvgIpc) is 3.39. The highest BCUT2D eigenvalue weighted by molar-refractivity contribution is 7.89. The number of benzene rings is 1. The Hall–Kier alpha value is -2.26.